The van der Waals surface area contributed by atoms with Gasteiger partial charge in [-0.15, -0.1) is 10.2 Å². The van der Waals surface area contributed by atoms with Gasteiger partial charge in [0.25, 0.3) is 0 Å². The minimum atomic E-state index is -4.09. The first-order valence-corrected chi connectivity index (χ1v) is 9.60. The maximum absolute atomic E-state index is 11.1. The predicted molar refractivity (Wildman–Crippen MR) is 98.5 cm³/mol. The van der Waals surface area contributed by atoms with Crippen LogP contribution in [0, 0.1) is 11.3 Å². The second-order valence-electron chi connectivity index (χ2n) is 5.68. The summed E-state index contributed by atoms with van der Waals surface area (Å²) in [4.78, 5) is 0. The second-order valence-corrected chi connectivity index (χ2v) is 7.29. The Balaban J connectivity index is 1.82. The van der Waals surface area contributed by atoms with Crippen LogP contribution in [0.25, 0.3) is 0 Å². The summed E-state index contributed by atoms with van der Waals surface area (Å²) in [5, 5.41) is 23.6. The van der Waals surface area contributed by atoms with Crippen LogP contribution in [-0.2, 0) is 14.5 Å². The van der Waals surface area contributed by atoms with Crippen molar-refractivity contribution in [1.29, 1.82) is 5.26 Å². The molecule has 0 aliphatic heterocycles. The lowest BCUT2D eigenvalue weighted by molar-refractivity contribution is 0.253. The molecule has 0 spiro atoms. The highest BCUT2D eigenvalue weighted by molar-refractivity contribution is 7.84. The Morgan fingerprint density at radius 2 is 2.00 bits per heavy atom. The molecule has 0 bridgehead atoms. The molecule has 27 heavy (non-hydrogen) atoms. The number of nitriles is 1. The van der Waals surface area contributed by atoms with Gasteiger partial charge >= 0.3 is 10.3 Å². The number of aromatic nitrogens is 3. The normalized spacial score (nSPS) is 17.0. The van der Waals surface area contributed by atoms with Gasteiger partial charge < -0.3 is 0 Å². The van der Waals surface area contributed by atoms with Crippen LogP contribution in [0.5, 0.6) is 0 Å². The number of nitrogens with zero attached hydrogens (tertiary/aromatic N) is 5. The van der Waals surface area contributed by atoms with Crippen LogP contribution >= 0.6 is 11.6 Å². The summed E-state index contributed by atoms with van der Waals surface area (Å²) in [6, 6.07) is 9.11. The van der Waals surface area contributed by atoms with E-state index in [1.54, 1.807) is 47.7 Å². The summed E-state index contributed by atoms with van der Waals surface area (Å²) in [5.74, 6) is 0. The maximum atomic E-state index is 11.1. The Bertz CT molecular complexity index is 1010. The third kappa shape index (κ3) is 4.93. The summed E-state index contributed by atoms with van der Waals surface area (Å²) >= 11 is 6.17. The quantitative estimate of drug-likeness (QED) is 0.769. The highest BCUT2D eigenvalue weighted by Crippen LogP contribution is 2.26. The van der Waals surface area contributed by atoms with Crippen molar-refractivity contribution in [3.63, 3.8) is 0 Å². The van der Waals surface area contributed by atoms with E-state index in [0.717, 1.165) is 11.3 Å². The third-order valence-corrected chi connectivity index (χ3v) is 4.64. The van der Waals surface area contributed by atoms with Crippen LogP contribution in [0.15, 0.2) is 59.7 Å². The van der Waals surface area contributed by atoms with Crippen molar-refractivity contribution in [3.05, 3.63) is 65.2 Å². The zero-order valence-corrected chi connectivity index (χ0v) is 15.5. The molecule has 0 amide bonds. The van der Waals surface area contributed by atoms with E-state index in [0.29, 0.717) is 12.1 Å². The van der Waals surface area contributed by atoms with Gasteiger partial charge in [-0.25, -0.2) is 14.0 Å². The molecule has 0 radical (unpaired) electrons. The van der Waals surface area contributed by atoms with Gasteiger partial charge in [0.05, 0.1) is 23.9 Å². The molecule has 0 saturated carbocycles. The van der Waals surface area contributed by atoms with Crippen LogP contribution in [0.3, 0.4) is 0 Å². The van der Waals surface area contributed by atoms with Crippen molar-refractivity contribution in [2.24, 2.45) is 5.14 Å². The van der Waals surface area contributed by atoms with E-state index < -0.39 is 16.4 Å². The molecular weight excluding hydrogens is 392 g/mol. The number of halogens is 1. The first-order valence-electron chi connectivity index (χ1n) is 7.75. The van der Waals surface area contributed by atoms with E-state index in [1.807, 2.05) is 11.1 Å². The van der Waals surface area contributed by atoms with E-state index in [2.05, 4.69) is 16.3 Å². The van der Waals surface area contributed by atoms with Crippen LogP contribution < -0.4 is 10.1 Å². The topological polar surface area (TPSA) is 127 Å². The van der Waals surface area contributed by atoms with E-state index in [1.165, 1.54) is 0 Å². The van der Waals surface area contributed by atoms with Gasteiger partial charge in [0.1, 0.15) is 18.8 Å². The van der Waals surface area contributed by atoms with E-state index in [4.69, 9.17) is 26.2 Å². The average Bonchev–Trinajstić information content (AvgIpc) is 3.15. The molecule has 1 aliphatic carbocycles. The van der Waals surface area contributed by atoms with Crippen molar-refractivity contribution in [2.75, 3.05) is 11.6 Å². The molecule has 1 aliphatic rings. The predicted octanol–water partition coefficient (Wildman–Crippen LogP) is 1.46. The fraction of sp³-hybridized carbons (Fsp3) is 0.188. The van der Waals surface area contributed by atoms with Gasteiger partial charge in [0, 0.05) is 5.03 Å². The number of rotatable bonds is 6. The SMILES string of the molecule is N#Cc1ccc(N(CC2=CCC(OS(N)(=O)=O)C(Cl)=C2)n2cnnc2)cc1. The van der Waals surface area contributed by atoms with E-state index in [-0.39, 0.29) is 11.5 Å². The summed E-state index contributed by atoms with van der Waals surface area (Å²) in [7, 11) is -4.09. The van der Waals surface area contributed by atoms with Gasteiger partial charge in [0.2, 0.25) is 0 Å². The van der Waals surface area contributed by atoms with Gasteiger partial charge in [-0.2, -0.15) is 13.7 Å². The van der Waals surface area contributed by atoms with Crippen LogP contribution in [-0.4, -0.2) is 35.9 Å². The van der Waals surface area contributed by atoms with Crippen LogP contribution in [0.2, 0.25) is 0 Å². The van der Waals surface area contributed by atoms with Gasteiger partial charge in [-0.3, -0.25) is 5.01 Å². The van der Waals surface area contributed by atoms with Crippen molar-refractivity contribution >= 4 is 27.6 Å². The summed E-state index contributed by atoms with van der Waals surface area (Å²) in [5.41, 5.74) is 2.19. The Hall–Kier alpha value is -2.71. The molecule has 3 rings (SSSR count). The molecule has 1 heterocycles. The second kappa shape index (κ2) is 7.89. The Morgan fingerprint density at radius 1 is 1.33 bits per heavy atom. The van der Waals surface area contributed by atoms with Crippen LogP contribution in [0.4, 0.5) is 5.69 Å². The molecule has 11 heteroatoms. The van der Waals surface area contributed by atoms with Crippen molar-refractivity contribution in [2.45, 2.75) is 12.5 Å². The summed E-state index contributed by atoms with van der Waals surface area (Å²) < 4.78 is 28.6. The lowest BCUT2D eigenvalue weighted by Gasteiger charge is -2.27. The molecule has 2 N–H and O–H groups in total. The standard InChI is InChI=1S/C16H15ClN6O3S/c17-15-7-13(3-6-16(15)26-27(19,24)25)9-23(22-10-20-21-11-22)14-4-1-12(8-18)2-5-14/h1-5,7,10-11,16H,6,9H2,(H2,19,24,25). The number of anilines is 1. The molecule has 0 saturated heterocycles. The summed E-state index contributed by atoms with van der Waals surface area (Å²) in [6.45, 7) is 0.405. The molecule has 1 aromatic carbocycles. The maximum Gasteiger partial charge on any atom is 0.333 e. The zero-order chi connectivity index (χ0) is 19.4. The summed E-state index contributed by atoms with van der Waals surface area (Å²) in [6.07, 6.45) is 5.98. The van der Waals surface area contributed by atoms with Crippen LogP contribution in [0.1, 0.15) is 12.0 Å². The smallest absolute Gasteiger partial charge is 0.275 e. The molecule has 1 atom stereocenters. The first kappa shape index (κ1) is 19.1. The lowest BCUT2D eigenvalue weighted by atomic mass is 10.0. The molecule has 1 aromatic heterocycles. The minimum absolute atomic E-state index is 0.241. The Kier molecular flexibility index (Phi) is 5.57. The Labute approximate surface area is 161 Å². The molecule has 1 unspecified atom stereocenters. The van der Waals surface area contributed by atoms with Gasteiger partial charge in [0.15, 0.2) is 0 Å². The minimum Gasteiger partial charge on any atom is -0.275 e. The largest absolute Gasteiger partial charge is 0.333 e. The number of nitrogens with two attached hydrogens (primary N) is 1. The van der Waals surface area contributed by atoms with Crippen molar-refractivity contribution in [1.82, 2.24) is 14.9 Å². The fourth-order valence-corrected chi connectivity index (χ4v) is 3.40. The van der Waals surface area contributed by atoms with Gasteiger partial charge in [-0.05, 0) is 42.3 Å². The molecule has 0 fully saturated rings. The van der Waals surface area contributed by atoms with Crippen molar-refractivity contribution in [3.8, 4) is 6.07 Å². The highest BCUT2D eigenvalue weighted by atomic mass is 35.5. The number of benzene rings is 1. The van der Waals surface area contributed by atoms with Crippen molar-refractivity contribution < 1.29 is 12.6 Å². The number of hydrogen-bond donors (Lipinski definition) is 1. The molecule has 2 aromatic rings. The van der Waals surface area contributed by atoms with Gasteiger partial charge in [-0.1, -0.05) is 17.7 Å². The molecular formula is C16H15ClN6O3S. The Morgan fingerprint density at radius 3 is 2.56 bits per heavy atom. The highest BCUT2D eigenvalue weighted by Gasteiger charge is 2.23. The third-order valence-electron chi connectivity index (χ3n) is 3.79. The zero-order valence-electron chi connectivity index (χ0n) is 13.9. The average molecular weight is 407 g/mol. The lowest BCUT2D eigenvalue weighted by Crippen LogP contribution is -2.31. The molecule has 9 nitrogen and oxygen atoms in total. The first-order chi connectivity index (χ1) is 12.9. The molecule has 140 valence electrons. The number of hydrogen-bond acceptors (Lipinski definition) is 7. The monoisotopic (exact) mass is 406 g/mol. The van der Waals surface area contributed by atoms with E-state index in [9.17, 15) is 8.42 Å². The van der Waals surface area contributed by atoms with E-state index >= 15 is 0 Å². The fourth-order valence-electron chi connectivity index (χ4n) is 2.56.